The van der Waals surface area contributed by atoms with Crippen LogP contribution in [0.1, 0.15) is 0 Å². The van der Waals surface area contributed by atoms with Crippen LogP contribution >= 0.6 is 0 Å². The number of hydrogen-bond acceptors (Lipinski definition) is 2. The Balaban J connectivity index is 0.919. The first-order chi connectivity index (χ1) is 30.7. The van der Waals surface area contributed by atoms with Gasteiger partial charge >= 0.3 is 0 Å². The second kappa shape index (κ2) is 14.8. The number of nitrogens with zero attached hydrogens (tertiary/aromatic N) is 2. The van der Waals surface area contributed by atoms with Crippen LogP contribution in [0.4, 0.5) is 0 Å². The van der Waals surface area contributed by atoms with Crippen molar-refractivity contribution in [2.24, 2.45) is 0 Å². The second-order valence-corrected chi connectivity index (χ2v) is 16.1. The maximum Gasteiger partial charge on any atom is 0.160 e. The molecule has 0 radical (unpaired) electrons. The topological polar surface area (TPSA) is 25.8 Å². The Morgan fingerprint density at radius 3 is 1.40 bits per heavy atom. The van der Waals surface area contributed by atoms with Crippen molar-refractivity contribution in [1.29, 1.82) is 0 Å². The lowest BCUT2D eigenvalue weighted by Gasteiger charge is -2.16. The minimum Gasteiger partial charge on any atom is -0.228 e. The lowest BCUT2D eigenvalue weighted by atomic mass is 9.88. The Labute approximate surface area is 361 Å². The molecule has 0 atom stereocenters. The minimum atomic E-state index is 0.695. The van der Waals surface area contributed by atoms with E-state index in [-0.39, 0.29) is 0 Å². The smallest absolute Gasteiger partial charge is 0.160 e. The predicted octanol–water partition coefficient (Wildman–Crippen LogP) is 16.1. The molecular formula is C60H38N2. The normalized spacial score (nSPS) is 11.5. The molecule has 0 spiro atoms. The highest BCUT2D eigenvalue weighted by Gasteiger charge is 2.22. The van der Waals surface area contributed by atoms with E-state index in [1.54, 1.807) is 0 Å². The summed E-state index contributed by atoms with van der Waals surface area (Å²) in [6, 6.07) is 82.9. The van der Waals surface area contributed by atoms with E-state index in [2.05, 4.69) is 218 Å². The third kappa shape index (κ3) is 6.12. The van der Waals surface area contributed by atoms with Crippen LogP contribution in [0.25, 0.3) is 122 Å². The van der Waals surface area contributed by atoms with E-state index in [4.69, 9.17) is 9.97 Å². The van der Waals surface area contributed by atoms with E-state index in [1.807, 2.05) is 12.1 Å². The molecule has 2 heteroatoms. The van der Waals surface area contributed by atoms with Crippen molar-refractivity contribution in [3.63, 3.8) is 0 Å². The van der Waals surface area contributed by atoms with Crippen LogP contribution in [0.2, 0.25) is 0 Å². The molecule has 1 aliphatic carbocycles. The Hall–Kier alpha value is -8.20. The van der Waals surface area contributed by atoms with E-state index < -0.39 is 0 Å². The summed E-state index contributed by atoms with van der Waals surface area (Å²) in [5.41, 5.74) is 19.7. The van der Waals surface area contributed by atoms with Crippen LogP contribution < -0.4 is 0 Å². The SMILES string of the molecule is c1ccc(-c2ccc(-c3cc(-c4ccccc4)nc(-c4ccc(-c5c(-c6ccc(-c7ccc8c9c(cccc79)-c7ccccc7-8)cc6)ccc6ccccc56)cc4)n3)cc2)cc1. The molecule has 0 unspecified atom stereocenters. The summed E-state index contributed by atoms with van der Waals surface area (Å²) < 4.78 is 0. The van der Waals surface area contributed by atoms with Gasteiger partial charge in [0.1, 0.15) is 0 Å². The van der Waals surface area contributed by atoms with Crippen molar-refractivity contribution in [3.8, 4) is 101 Å². The fraction of sp³-hybridized carbons (Fsp3) is 0. The summed E-state index contributed by atoms with van der Waals surface area (Å²) in [5, 5.41) is 5.07. The molecule has 10 aromatic carbocycles. The molecule has 1 aromatic heterocycles. The van der Waals surface area contributed by atoms with Gasteiger partial charge in [0.2, 0.25) is 0 Å². The fourth-order valence-electron chi connectivity index (χ4n) is 9.44. The van der Waals surface area contributed by atoms with Gasteiger partial charge in [-0.05, 0) is 94.4 Å². The molecule has 0 N–H and O–H groups in total. The molecule has 11 aromatic rings. The molecule has 1 aliphatic rings. The number of fused-ring (bicyclic) bond motifs is 4. The maximum absolute atomic E-state index is 5.18. The summed E-state index contributed by atoms with van der Waals surface area (Å²) in [5.74, 6) is 0.695. The maximum atomic E-state index is 5.18. The molecule has 1 heterocycles. The summed E-state index contributed by atoms with van der Waals surface area (Å²) in [7, 11) is 0. The largest absolute Gasteiger partial charge is 0.228 e. The molecule has 0 aliphatic heterocycles. The molecule has 62 heavy (non-hydrogen) atoms. The van der Waals surface area contributed by atoms with Gasteiger partial charge in [0.05, 0.1) is 11.4 Å². The summed E-state index contributed by atoms with van der Waals surface area (Å²) in [6.07, 6.45) is 0. The standard InChI is InChI=1S/C60H38N2/c1-3-12-39(13-4-1)40-22-28-45(29-23-40)57-38-56(44-15-5-2-6-16-44)61-60(62-57)47-32-30-46(31-33-47)58-49-17-8-7-14-41(49)34-35-50(58)43-26-24-42(25-27-43)48-36-37-55-52-19-10-9-18-51(52)54-21-11-20-53(48)59(54)55/h1-38H. The van der Waals surface area contributed by atoms with Gasteiger partial charge < -0.3 is 0 Å². The van der Waals surface area contributed by atoms with E-state index in [0.717, 1.165) is 33.6 Å². The van der Waals surface area contributed by atoms with E-state index in [1.165, 1.54) is 82.7 Å². The molecule has 0 bridgehead atoms. The van der Waals surface area contributed by atoms with Crippen molar-refractivity contribution in [2.45, 2.75) is 0 Å². The van der Waals surface area contributed by atoms with Gasteiger partial charge in [-0.25, -0.2) is 9.97 Å². The zero-order valence-corrected chi connectivity index (χ0v) is 33.8. The van der Waals surface area contributed by atoms with Gasteiger partial charge in [-0.3, -0.25) is 0 Å². The van der Waals surface area contributed by atoms with E-state index >= 15 is 0 Å². The molecule has 288 valence electrons. The summed E-state index contributed by atoms with van der Waals surface area (Å²) >= 11 is 0. The fourth-order valence-corrected chi connectivity index (χ4v) is 9.44. The highest BCUT2D eigenvalue weighted by molar-refractivity contribution is 6.18. The van der Waals surface area contributed by atoms with Gasteiger partial charge in [0, 0.05) is 16.7 Å². The van der Waals surface area contributed by atoms with Crippen molar-refractivity contribution in [2.75, 3.05) is 0 Å². The Bertz CT molecular complexity index is 3430. The van der Waals surface area contributed by atoms with Crippen LogP contribution in [-0.2, 0) is 0 Å². The molecule has 2 nitrogen and oxygen atoms in total. The zero-order valence-electron chi connectivity index (χ0n) is 33.8. The third-order valence-corrected chi connectivity index (χ3v) is 12.5. The predicted molar refractivity (Wildman–Crippen MR) is 260 cm³/mol. The van der Waals surface area contributed by atoms with Gasteiger partial charge in [0.25, 0.3) is 0 Å². The van der Waals surface area contributed by atoms with Gasteiger partial charge in [-0.1, -0.05) is 224 Å². The number of aromatic nitrogens is 2. The van der Waals surface area contributed by atoms with Crippen LogP contribution in [0.3, 0.4) is 0 Å². The summed E-state index contributed by atoms with van der Waals surface area (Å²) in [6.45, 7) is 0. The first-order valence-electron chi connectivity index (χ1n) is 21.2. The molecule has 0 saturated heterocycles. The van der Waals surface area contributed by atoms with Crippen molar-refractivity contribution in [1.82, 2.24) is 9.97 Å². The minimum absolute atomic E-state index is 0.695. The average molecular weight is 787 g/mol. The quantitative estimate of drug-likeness (QED) is 0.161. The third-order valence-electron chi connectivity index (χ3n) is 12.5. The lowest BCUT2D eigenvalue weighted by molar-refractivity contribution is 1.18. The Kier molecular flexibility index (Phi) is 8.53. The lowest BCUT2D eigenvalue weighted by Crippen LogP contribution is -1.96. The molecule has 0 fully saturated rings. The van der Waals surface area contributed by atoms with E-state index in [0.29, 0.717) is 5.82 Å². The van der Waals surface area contributed by atoms with Gasteiger partial charge in [-0.15, -0.1) is 0 Å². The highest BCUT2D eigenvalue weighted by atomic mass is 14.9. The summed E-state index contributed by atoms with van der Waals surface area (Å²) in [4.78, 5) is 10.3. The first-order valence-corrected chi connectivity index (χ1v) is 21.2. The second-order valence-electron chi connectivity index (χ2n) is 16.1. The van der Waals surface area contributed by atoms with Crippen molar-refractivity contribution in [3.05, 3.63) is 231 Å². The molecular weight excluding hydrogens is 749 g/mol. The molecule has 0 saturated carbocycles. The van der Waals surface area contributed by atoms with Crippen molar-refractivity contribution >= 4 is 21.5 Å². The van der Waals surface area contributed by atoms with Gasteiger partial charge in [-0.2, -0.15) is 0 Å². The highest BCUT2D eigenvalue weighted by Crippen LogP contribution is 2.49. The number of benzene rings is 10. The molecule has 0 amide bonds. The van der Waals surface area contributed by atoms with Crippen LogP contribution in [0, 0.1) is 0 Å². The average Bonchev–Trinajstić information content (AvgIpc) is 3.69. The monoisotopic (exact) mass is 786 g/mol. The first kappa shape index (κ1) is 35.7. The Morgan fingerprint density at radius 1 is 0.242 bits per heavy atom. The van der Waals surface area contributed by atoms with Crippen molar-refractivity contribution < 1.29 is 0 Å². The van der Waals surface area contributed by atoms with Crippen LogP contribution in [0.15, 0.2) is 231 Å². The zero-order chi connectivity index (χ0) is 41.0. The van der Waals surface area contributed by atoms with Crippen LogP contribution in [-0.4, -0.2) is 9.97 Å². The van der Waals surface area contributed by atoms with E-state index in [9.17, 15) is 0 Å². The number of hydrogen-bond donors (Lipinski definition) is 0. The molecule has 12 rings (SSSR count). The Morgan fingerprint density at radius 2 is 0.694 bits per heavy atom. The van der Waals surface area contributed by atoms with Crippen LogP contribution in [0.5, 0.6) is 0 Å². The number of rotatable bonds is 7. The van der Waals surface area contributed by atoms with Gasteiger partial charge in [0.15, 0.2) is 5.82 Å².